The zero-order valence-corrected chi connectivity index (χ0v) is 14.0. The maximum atomic E-state index is 12.0. The van der Waals surface area contributed by atoms with Crippen LogP contribution in [0.2, 0.25) is 0 Å². The van der Waals surface area contributed by atoms with Gasteiger partial charge in [0.05, 0.1) is 7.11 Å². The molecule has 0 aliphatic carbocycles. The molecular formula is C18H14BrNO3. The van der Waals surface area contributed by atoms with E-state index in [9.17, 15) is 4.79 Å². The summed E-state index contributed by atoms with van der Waals surface area (Å²) in [6, 6.07) is 16.3. The number of methoxy groups -OCH3 is 1. The minimum atomic E-state index is -0.650. The van der Waals surface area contributed by atoms with E-state index in [0.29, 0.717) is 5.75 Å². The van der Waals surface area contributed by atoms with Crippen molar-refractivity contribution < 1.29 is 14.3 Å². The number of carbonyl (C=O) groups is 1. The maximum Gasteiger partial charge on any atom is 0.349 e. The number of esters is 1. The van der Waals surface area contributed by atoms with E-state index in [1.165, 1.54) is 6.08 Å². The van der Waals surface area contributed by atoms with Gasteiger partial charge in [0.1, 0.15) is 24.0 Å². The molecule has 2 aromatic rings. The molecule has 0 aliphatic rings. The van der Waals surface area contributed by atoms with Gasteiger partial charge in [-0.15, -0.1) is 0 Å². The first kappa shape index (κ1) is 16.8. The van der Waals surface area contributed by atoms with Crippen LogP contribution in [0.25, 0.3) is 6.08 Å². The van der Waals surface area contributed by atoms with E-state index in [-0.39, 0.29) is 12.2 Å². The fourth-order valence-corrected chi connectivity index (χ4v) is 2.30. The Morgan fingerprint density at radius 3 is 2.61 bits per heavy atom. The third-order valence-electron chi connectivity index (χ3n) is 3.03. The van der Waals surface area contributed by atoms with Crippen LogP contribution >= 0.6 is 15.9 Å². The third-order valence-corrected chi connectivity index (χ3v) is 3.52. The van der Waals surface area contributed by atoms with E-state index in [2.05, 4.69) is 15.9 Å². The number of benzene rings is 2. The van der Waals surface area contributed by atoms with Crippen molar-refractivity contribution in [2.24, 2.45) is 0 Å². The lowest BCUT2D eigenvalue weighted by Gasteiger charge is -2.05. The van der Waals surface area contributed by atoms with Crippen LogP contribution in [-0.2, 0) is 16.1 Å². The van der Waals surface area contributed by atoms with Crippen molar-refractivity contribution in [1.82, 2.24) is 0 Å². The fourth-order valence-electron chi connectivity index (χ4n) is 1.86. The van der Waals surface area contributed by atoms with E-state index < -0.39 is 5.97 Å². The molecule has 0 aromatic heterocycles. The van der Waals surface area contributed by atoms with Crippen molar-refractivity contribution in [3.63, 3.8) is 0 Å². The quantitative estimate of drug-likeness (QED) is 0.450. The van der Waals surface area contributed by atoms with Crippen LogP contribution in [0.1, 0.15) is 11.1 Å². The molecule has 0 amide bonds. The summed E-state index contributed by atoms with van der Waals surface area (Å²) in [6.07, 6.45) is 1.49. The van der Waals surface area contributed by atoms with Gasteiger partial charge in [-0.25, -0.2) is 4.79 Å². The van der Waals surface area contributed by atoms with Gasteiger partial charge in [-0.3, -0.25) is 0 Å². The summed E-state index contributed by atoms with van der Waals surface area (Å²) < 4.78 is 11.1. The van der Waals surface area contributed by atoms with Crippen LogP contribution in [0, 0.1) is 11.3 Å². The third kappa shape index (κ3) is 4.97. The second-order valence-electron chi connectivity index (χ2n) is 4.65. The van der Waals surface area contributed by atoms with Gasteiger partial charge in [0, 0.05) is 4.47 Å². The van der Waals surface area contributed by atoms with Crippen molar-refractivity contribution in [2.75, 3.05) is 7.11 Å². The highest BCUT2D eigenvalue weighted by atomic mass is 79.9. The normalized spacial score (nSPS) is 10.7. The van der Waals surface area contributed by atoms with Gasteiger partial charge < -0.3 is 9.47 Å². The van der Waals surface area contributed by atoms with Gasteiger partial charge >= 0.3 is 5.97 Å². The van der Waals surface area contributed by atoms with Crippen molar-refractivity contribution in [1.29, 1.82) is 5.26 Å². The number of nitriles is 1. The molecule has 0 heterocycles. The first-order valence-corrected chi connectivity index (χ1v) is 7.59. The monoisotopic (exact) mass is 371 g/mol. The van der Waals surface area contributed by atoms with E-state index in [0.717, 1.165) is 15.6 Å². The predicted octanol–water partition coefficient (Wildman–Crippen LogP) is 4.11. The Balaban J connectivity index is 2.05. The van der Waals surface area contributed by atoms with Crippen LogP contribution in [0.4, 0.5) is 0 Å². The Bertz CT molecular complexity index is 761. The Labute approximate surface area is 143 Å². The highest BCUT2D eigenvalue weighted by molar-refractivity contribution is 9.10. The highest BCUT2D eigenvalue weighted by Gasteiger charge is 2.11. The number of rotatable bonds is 5. The summed E-state index contributed by atoms with van der Waals surface area (Å²) >= 11 is 3.35. The largest absolute Gasteiger partial charge is 0.497 e. The summed E-state index contributed by atoms with van der Waals surface area (Å²) in [6.45, 7) is 0.111. The SMILES string of the molecule is COc1ccc(/C=C(\C#N)C(=O)OCc2cccc(Br)c2)cc1. The standard InChI is InChI=1S/C18H14BrNO3/c1-22-17-7-5-13(6-8-17)9-15(11-20)18(21)23-12-14-3-2-4-16(19)10-14/h2-10H,12H2,1H3/b15-9+. The lowest BCUT2D eigenvalue weighted by molar-refractivity contribution is -0.139. The predicted molar refractivity (Wildman–Crippen MR) is 90.5 cm³/mol. The summed E-state index contributed by atoms with van der Waals surface area (Å²) in [5, 5.41) is 9.15. The minimum Gasteiger partial charge on any atom is -0.497 e. The summed E-state index contributed by atoms with van der Waals surface area (Å²) in [4.78, 5) is 12.0. The van der Waals surface area contributed by atoms with Gasteiger partial charge in [-0.1, -0.05) is 40.2 Å². The van der Waals surface area contributed by atoms with Crippen molar-refractivity contribution in [3.05, 3.63) is 69.7 Å². The van der Waals surface area contributed by atoms with Crippen molar-refractivity contribution >= 4 is 28.0 Å². The molecule has 0 fully saturated rings. The van der Waals surface area contributed by atoms with Crippen LogP contribution in [0.3, 0.4) is 0 Å². The van der Waals surface area contributed by atoms with Crippen molar-refractivity contribution in [3.8, 4) is 11.8 Å². The van der Waals surface area contributed by atoms with Gasteiger partial charge in [-0.05, 0) is 41.5 Å². The number of hydrogen-bond acceptors (Lipinski definition) is 4. The Hall–Kier alpha value is -2.58. The molecule has 0 bridgehead atoms. The molecule has 0 aliphatic heterocycles. The number of hydrogen-bond donors (Lipinski definition) is 0. The molecule has 0 N–H and O–H groups in total. The average molecular weight is 372 g/mol. The van der Waals surface area contributed by atoms with Gasteiger partial charge in [0.25, 0.3) is 0 Å². The molecule has 0 radical (unpaired) electrons. The zero-order valence-electron chi connectivity index (χ0n) is 12.5. The molecule has 0 spiro atoms. The minimum absolute atomic E-state index is 0.0508. The second-order valence-corrected chi connectivity index (χ2v) is 5.56. The summed E-state index contributed by atoms with van der Waals surface area (Å²) in [5.41, 5.74) is 1.52. The smallest absolute Gasteiger partial charge is 0.349 e. The molecular weight excluding hydrogens is 358 g/mol. The van der Waals surface area contributed by atoms with Crippen molar-refractivity contribution in [2.45, 2.75) is 6.61 Å². The van der Waals surface area contributed by atoms with E-state index in [1.54, 1.807) is 31.4 Å². The number of ether oxygens (including phenoxy) is 2. The maximum absolute atomic E-state index is 12.0. The number of halogens is 1. The number of carbonyl (C=O) groups excluding carboxylic acids is 1. The van der Waals surface area contributed by atoms with Crippen LogP contribution in [0.15, 0.2) is 58.6 Å². The van der Waals surface area contributed by atoms with Gasteiger partial charge in [0.2, 0.25) is 0 Å². The second kappa shape index (κ2) is 8.16. The summed E-state index contributed by atoms with van der Waals surface area (Å²) in [7, 11) is 1.57. The van der Waals surface area contributed by atoms with Gasteiger partial charge in [0.15, 0.2) is 0 Å². The Morgan fingerprint density at radius 2 is 2.00 bits per heavy atom. The molecule has 4 nitrogen and oxygen atoms in total. The molecule has 2 aromatic carbocycles. The van der Waals surface area contributed by atoms with Crippen LogP contribution < -0.4 is 4.74 Å². The Morgan fingerprint density at radius 1 is 1.26 bits per heavy atom. The van der Waals surface area contributed by atoms with Crippen LogP contribution in [0.5, 0.6) is 5.75 Å². The topological polar surface area (TPSA) is 59.3 Å². The molecule has 0 unspecified atom stereocenters. The first-order chi connectivity index (χ1) is 11.1. The first-order valence-electron chi connectivity index (χ1n) is 6.80. The van der Waals surface area contributed by atoms with E-state index >= 15 is 0 Å². The molecule has 0 saturated carbocycles. The van der Waals surface area contributed by atoms with Gasteiger partial charge in [-0.2, -0.15) is 5.26 Å². The molecule has 0 atom stereocenters. The molecule has 0 saturated heterocycles. The molecule has 5 heteroatoms. The highest BCUT2D eigenvalue weighted by Crippen LogP contribution is 2.16. The average Bonchev–Trinajstić information content (AvgIpc) is 2.58. The lowest BCUT2D eigenvalue weighted by Crippen LogP contribution is -2.06. The molecule has 2 rings (SSSR count). The van der Waals surface area contributed by atoms with Crippen LogP contribution in [-0.4, -0.2) is 13.1 Å². The summed E-state index contributed by atoms with van der Waals surface area (Å²) in [5.74, 6) is 0.0567. The zero-order chi connectivity index (χ0) is 16.7. The Kier molecular flexibility index (Phi) is 5.95. The van der Waals surface area contributed by atoms with E-state index in [1.807, 2.05) is 30.3 Å². The fraction of sp³-hybridized carbons (Fsp3) is 0.111. The number of nitrogens with zero attached hydrogens (tertiary/aromatic N) is 1. The molecule has 23 heavy (non-hydrogen) atoms. The van der Waals surface area contributed by atoms with E-state index in [4.69, 9.17) is 14.7 Å². The molecule has 116 valence electrons. The lowest BCUT2D eigenvalue weighted by atomic mass is 10.1.